The first-order valence-corrected chi connectivity index (χ1v) is 8.85. The van der Waals surface area contributed by atoms with Crippen molar-refractivity contribution >= 4 is 27.3 Å². The Morgan fingerprint density at radius 3 is 2.41 bits per heavy atom. The molecule has 0 amide bonds. The Morgan fingerprint density at radius 2 is 1.82 bits per heavy atom. The quantitative estimate of drug-likeness (QED) is 0.833. The van der Waals surface area contributed by atoms with Crippen LogP contribution in [0.15, 0.2) is 47.4 Å². The van der Waals surface area contributed by atoms with Crippen LogP contribution in [-0.2, 0) is 16.4 Å². The van der Waals surface area contributed by atoms with Crippen molar-refractivity contribution < 1.29 is 12.8 Å². The number of halogens is 2. The zero-order valence-corrected chi connectivity index (χ0v) is 13.7. The molecule has 2 aromatic carbocycles. The zero-order valence-electron chi connectivity index (χ0n) is 12.1. The first-order valence-electron chi connectivity index (χ1n) is 6.99. The Bertz CT molecular complexity index is 745. The maximum atomic E-state index is 13.7. The van der Waals surface area contributed by atoms with Crippen LogP contribution in [-0.4, -0.2) is 8.42 Å². The predicted octanol–water partition coefficient (Wildman–Crippen LogP) is 4.62. The molecule has 6 heteroatoms. The van der Waals surface area contributed by atoms with Crippen molar-refractivity contribution in [2.75, 3.05) is 4.72 Å². The van der Waals surface area contributed by atoms with Crippen LogP contribution in [0.3, 0.4) is 0 Å². The summed E-state index contributed by atoms with van der Waals surface area (Å²) in [6, 6.07) is 10.4. The zero-order chi connectivity index (χ0) is 16.2. The minimum absolute atomic E-state index is 0.0992. The molecule has 1 N–H and O–H groups in total. The second-order valence-corrected chi connectivity index (χ2v) is 7.10. The highest BCUT2D eigenvalue weighted by Gasteiger charge is 2.16. The summed E-state index contributed by atoms with van der Waals surface area (Å²) in [5, 5.41) is 0.209. The molecule has 0 unspecified atom stereocenters. The van der Waals surface area contributed by atoms with Gasteiger partial charge in [-0.15, -0.1) is 0 Å². The molecule has 0 saturated heterocycles. The summed E-state index contributed by atoms with van der Waals surface area (Å²) >= 11 is 5.65. The second kappa shape index (κ2) is 7.11. The molecule has 0 heterocycles. The van der Waals surface area contributed by atoms with Crippen LogP contribution < -0.4 is 4.72 Å². The van der Waals surface area contributed by atoms with Gasteiger partial charge in [-0.3, -0.25) is 4.72 Å². The SMILES string of the molecule is CCCCc1ccc(S(=O)(=O)Nc2ccc(Cl)cc2F)cc1. The molecule has 2 rings (SSSR count). The van der Waals surface area contributed by atoms with Crippen molar-refractivity contribution in [1.29, 1.82) is 0 Å². The third-order valence-electron chi connectivity index (χ3n) is 3.23. The number of anilines is 1. The third kappa shape index (κ3) is 4.21. The lowest BCUT2D eigenvalue weighted by atomic mass is 10.1. The minimum Gasteiger partial charge on any atom is -0.277 e. The fraction of sp³-hybridized carbons (Fsp3) is 0.250. The molecular formula is C16H17ClFNO2S. The smallest absolute Gasteiger partial charge is 0.261 e. The highest BCUT2D eigenvalue weighted by atomic mass is 35.5. The number of aryl methyl sites for hydroxylation is 1. The Kier molecular flexibility index (Phi) is 5.42. The van der Waals surface area contributed by atoms with Crippen LogP contribution in [0, 0.1) is 5.82 Å². The van der Waals surface area contributed by atoms with Crippen LogP contribution in [0.5, 0.6) is 0 Å². The fourth-order valence-corrected chi connectivity index (χ4v) is 3.22. The van der Waals surface area contributed by atoms with E-state index in [0.29, 0.717) is 0 Å². The van der Waals surface area contributed by atoms with E-state index in [1.54, 1.807) is 12.1 Å². The average molecular weight is 342 g/mol. The lowest BCUT2D eigenvalue weighted by Gasteiger charge is -2.10. The third-order valence-corrected chi connectivity index (χ3v) is 4.84. The molecule has 0 radical (unpaired) electrons. The Morgan fingerprint density at radius 1 is 1.14 bits per heavy atom. The molecule has 3 nitrogen and oxygen atoms in total. The lowest BCUT2D eigenvalue weighted by molar-refractivity contribution is 0.598. The molecule has 0 bridgehead atoms. The lowest BCUT2D eigenvalue weighted by Crippen LogP contribution is -2.14. The molecule has 2 aromatic rings. The summed E-state index contributed by atoms with van der Waals surface area (Å²) in [5.41, 5.74) is 0.956. The van der Waals surface area contributed by atoms with Crippen molar-refractivity contribution in [3.05, 3.63) is 58.9 Å². The van der Waals surface area contributed by atoms with Crippen LogP contribution in [0.25, 0.3) is 0 Å². The van der Waals surface area contributed by atoms with Crippen LogP contribution in [0.4, 0.5) is 10.1 Å². The van der Waals surface area contributed by atoms with Crippen molar-refractivity contribution in [2.24, 2.45) is 0 Å². The van der Waals surface area contributed by atoms with Gasteiger partial charge in [0.15, 0.2) is 0 Å². The largest absolute Gasteiger partial charge is 0.277 e. The standard InChI is InChI=1S/C16H17ClFNO2S/c1-2-3-4-12-5-8-14(9-6-12)22(20,21)19-16-10-7-13(17)11-15(16)18/h5-11,19H,2-4H2,1H3. The summed E-state index contributed by atoms with van der Waals surface area (Å²) in [7, 11) is -3.82. The molecule has 0 aromatic heterocycles. The first-order chi connectivity index (χ1) is 10.4. The molecular weight excluding hydrogens is 325 g/mol. The first kappa shape index (κ1) is 16.8. The topological polar surface area (TPSA) is 46.2 Å². The van der Waals surface area contributed by atoms with Crippen molar-refractivity contribution in [1.82, 2.24) is 0 Å². The van der Waals surface area contributed by atoms with E-state index in [-0.39, 0.29) is 15.6 Å². The predicted molar refractivity (Wildman–Crippen MR) is 87.3 cm³/mol. The van der Waals surface area contributed by atoms with E-state index in [4.69, 9.17) is 11.6 Å². The van der Waals surface area contributed by atoms with Gasteiger partial charge in [0.2, 0.25) is 0 Å². The molecule has 0 aliphatic heterocycles. The van der Waals surface area contributed by atoms with Gasteiger partial charge in [0.05, 0.1) is 10.6 Å². The van der Waals surface area contributed by atoms with E-state index in [2.05, 4.69) is 11.6 Å². The van der Waals surface area contributed by atoms with Gasteiger partial charge in [-0.25, -0.2) is 12.8 Å². The van der Waals surface area contributed by atoms with E-state index < -0.39 is 15.8 Å². The number of hydrogen-bond donors (Lipinski definition) is 1. The number of hydrogen-bond acceptors (Lipinski definition) is 2. The van der Waals surface area contributed by atoms with Crippen LogP contribution >= 0.6 is 11.6 Å². The van der Waals surface area contributed by atoms with Gasteiger partial charge >= 0.3 is 0 Å². The Labute approximate surface area is 135 Å². The number of benzene rings is 2. The van der Waals surface area contributed by atoms with Crippen molar-refractivity contribution in [3.63, 3.8) is 0 Å². The van der Waals surface area contributed by atoms with Crippen LogP contribution in [0.1, 0.15) is 25.3 Å². The highest BCUT2D eigenvalue weighted by Crippen LogP contribution is 2.22. The van der Waals surface area contributed by atoms with E-state index in [1.165, 1.54) is 24.3 Å². The molecule has 0 aliphatic carbocycles. The fourth-order valence-electron chi connectivity index (χ4n) is 1.99. The Balaban J connectivity index is 2.19. The summed E-state index contributed by atoms with van der Waals surface area (Å²) in [5.74, 6) is -0.712. The second-order valence-electron chi connectivity index (χ2n) is 4.98. The molecule has 0 atom stereocenters. The van der Waals surface area contributed by atoms with Crippen LogP contribution in [0.2, 0.25) is 5.02 Å². The highest BCUT2D eigenvalue weighted by molar-refractivity contribution is 7.92. The maximum absolute atomic E-state index is 13.7. The molecule has 0 spiro atoms. The monoisotopic (exact) mass is 341 g/mol. The summed E-state index contributed by atoms with van der Waals surface area (Å²) in [4.78, 5) is 0.0992. The number of rotatable bonds is 6. The number of unbranched alkanes of at least 4 members (excludes halogenated alkanes) is 1. The molecule has 0 aliphatic rings. The summed E-state index contributed by atoms with van der Waals surface area (Å²) in [6.45, 7) is 2.10. The van der Waals surface area contributed by atoms with E-state index in [9.17, 15) is 12.8 Å². The minimum atomic E-state index is -3.82. The van der Waals surface area contributed by atoms with E-state index in [1.807, 2.05) is 0 Å². The van der Waals surface area contributed by atoms with Gasteiger partial charge < -0.3 is 0 Å². The van der Waals surface area contributed by atoms with Crippen molar-refractivity contribution in [2.45, 2.75) is 31.1 Å². The average Bonchev–Trinajstić information content (AvgIpc) is 2.48. The maximum Gasteiger partial charge on any atom is 0.261 e. The van der Waals surface area contributed by atoms with Gasteiger partial charge in [0.1, 0.15) is 5.82 Å². The summed E-state index contributed by atoms with van der Waals surface area (Å²) < 4.78 is 40.4. The Hall–Kier alpha value is -1.59. The molecule has 118 valence electrons. The van der Waals surface area contributed by atoms with Crippen molar-refractivity contribution in [3.8, 4) is 0 Å². The molecule has 22 heavy (non-hydrogen) atoms. The molecule has 0 fully saturated rings. The van der Waals surface area contributed by atoms with Gasteiger partial charge in [0.25, 0.3) is 10.0 Å². The number of nitrogens with one attached hydrogen (secondary N) is 1. The van der Waals surface area contributed by atoms with Gasteiger partial charge in [-0.2, -0.15) is 0 Å². The van der Waals surface area contributed by atoms with Gasteiger partial charge in [0, 0.05) is 5.02 Å². The molecule has 0 saturated carbocycles. The normalized spacial score (nSPS) is 11.4. The van der Waals surface area contributed by atoms with Gasteiger partial charge in [-0.05, 0) is 48.7 Å². The van der Waals surface area contributed by atoms with Gasteiger partial charge in [-0.1, -0.05) is 37.1 Å². The summed E-state index contributed by atoms with van der Waals surface area (Å²) in [6.07, 6.45) is 3.05. The van der Waals surface area contributed by atoms with E-state index in [0.717, 1.165) is 30.9 Å². The number of sulfonamides is 1. The van der Waals surface area contributed by atoms with E-state index >= 15 is 0 Å².